The van der Waals surface area contributed by atoms with Gasteiger partial charge in [-0.15, -0.1) is 0 Å². The molecule has 1 aromatic heterocycles. The third-order valence-corrected chi connectivity index (χ3v) is 2.73. The summed E-state index contributed by atoms with van der Waals surface area (Å²) in [5, 5.41) is 14.6. The van der Waals surface area contributed by atoms with Crippen LogP contribution in [-0.4, -0.2) is 21.8 Å². The Kier molecular flexibility index (Phi) is 3.95. The van der Waals surface area contributed by atoms with Crippen molar-refractivity contribution < 1.29 is 10.0 Å². The number of aromatic nitrogens is 1. The molecule has 0 unspecified atom stereocenters. The molecular formula is C14H13N3O3. The van der Waals surface area contributed by atoms with Gasteiger partial charge in [0.25, 0.3) is 5.91 Å². The van der Waals surface area contributed by atoms with Crippen LogP contribution in [0.1, 0.15) is 23.0 Å². The summed E-state index contributed by atoms with van der Waals surface area (Å²) in [4.78, 5) is 25.7. The van der Waals surface area contributed by atoms with E-state index in [1.54, 1.807) is 31.2 Å². The highest BCUT2D eigenvalue weighted by Gasteiger charge is 2.11. The Morgan fingerprint density at radius 1 is 1.20 bits per heavy atom. The first-order valence-electron chi connectivity index (χ1n) is 5.90. The van der Waals surface area contributed by atoms with Gasteiger partial charge in [-0.25, -0.2) is 0 Å². The van der Waals surface area contributed by atoms with Crippen molar-refractivity contribution in [2.75, 3.05) is 5.32 Å². The molecule has 2 rings (SSSR count). The number of oxime groups is 1. The Morgan fingerprint density at radius 2 is 1.95 bits per heavy atom. The van der Waals surface area contributed by atoms with Gasteiger partial charge < -0.3 is 15.5 Å². The number of pyridine rings is 1. The molecule has 102 valence electrons. The van der Waals surface area contributed by atoms with Gasteiger partial charge in [-0.2, -0.15) is 0 Å². The number of carbonyl (C=O) groups excluding carboxylic acids is 1. The third kappa shape index (κ3) is 2.92. The van der Waals surface area contributed by atoms with Gasteiger partial charge in [-0.3, -0.25) is 9.59 Å². The van der Waals surface area contributed by atoms with Crippen LogP contribution in [0.3, 0.4) is 0 Å². The predicted molar refractivity (Wildman–Crippen MR) is 75.5 cm³/mol. The lowest BCUT2D eigenvalue weighted by molar-refractivity contribution is 0.102. The molecular weight excluding hydrogens is 258 g/mol. The third-order valence-electron chi connectivity index (χ3n) is 2.73. The summed E-state index contributed by atoms with van der Waals surface area (Å²) in [6.45, 7) is 1.62. The normalized spacial score (nSPS) is 11.2. The standard InChI is InChI=1S/C14H13N3O3/c1-9(17-20)10-5-2-3-6-11(10)16-14(19)12-7-4-8-13(18)15-12/h2-8,20H,1H3,(H,15,18)(H,16,19)/b17-9-. The van der Waals surface area contributed by atoms with Gasteiger partial charge in [0, 0.05) is 11.6 Å². The van der Waals surface area contributed by atoms with Crippen LogP contribution in [0.2, 0.25) is 0 Å². The van der Waals surface area contributed by atoms with Crippen molar-refractivity contribution in [2.24, 2.45) is 5.16 Å². The number of hydrogen-bond acceptors (Lipinski definition) is 4. The zero-order valence-corrected chi connectivity index (χ0v) is 10.8. The first kappa shape index (κ1) is 13.5. The second-order valence-electron chi connectivity index (χ2n) is 4.11. The summed E-state index contributed by atoms with van der Waals surface area (Å²) in [5.41, 5.74) is 1.28. The number of nitrogens with zero attached hydrogens (tertiary/aromatic N) is 1. The van der Waals surface area contributed by atoms with Crippen LogP contribution in [-0.2, 0) is 0 Å². The van der Waals surface area contributed by atoms with Crippen molar-refractivity contribution in [3.8, 4) is 0 Å². The van der Waals surface area contributed by atoms with Gasteiger partial charge in [0.2, 0.25) is 5.56 Å². The number of hydrogen-bond donors (Lipinski definition) is 3. The van der Waals surface area contributed by atoms with Gasteiger partial charge in [0.05, 0.1) is 11.4 Å². The van der Waals surface area contributed by atoms with E-state index in [4.69, 9.17) is 5.21 Å². The van der Waals surface area contributed by atoms with Gasteiger partial charge in [0.15, 0.2) is 0 Å². The Labute approximate surface area is 114 Å². The zero-order chi connectivity index (χ0) is 14.5. The molecule has 0 saturated carbocycles. The van der Waals surface area contributed by atoms with Crippen LogP contribution in [0.5, 0.6) is 0 Å². The lowest BCUT2D eigenvalue weighted by Crippen LogP contribution is -2.19. The highest BCUT2D eigenvalue weighted by Crippen LogP contribution is 2.16. The zero-order valence-electron chi connectivity index (χ0n) is 10.8. The maximum atomic E-state index is 12.0. The first-order chi connectivity index (χ1) is 9.61. The number of rotatable bonds is 3. The fraction of sp³-hybridized carbons (Fsp3) is 0.0714. The molecule has 20 heavy (non-hydrogen) atoms. The molecule has 0 fully saturated rings. The summed E-state index contributed by atoms with van der Waals surface area (Å²) >= 11 is 0. The first-order valence-corrected chi connectivity index (χ1v) is 5.90. The number of carbonyl (C=O) groups is 1. The Balaban J connectivity index is 2.31. The van der Waals surface area contributed by atoms with Gasteiger partial charge in [-0.1, -0.05) is 29.4 Å². The number of aromatic amines is 1. The Hall–Kier alpha value is -2.89. The van der Waals surface area contributed by atoms with Gasteiger partial charge in [-0.05, 0) is 19.1 Å². The smallest absolute Gasteiger partial charge is 0.272 e. The number of para-hydroxylation sites is 1. The molecule has 2 aromatic rings. The van der Waals surface area contributed by atoms with E-state index in [1.165, 1.54) is 18.2 Å². The maximum Gasteiger partial charge on any atom is 0.272 e. The topological polar surface area (TPSA) is 94.6 Å². The van der Waals surface area contributed by atoms with E-state index in [0.29, 0.717) is 17.0 Å². The number of anilines is 1. The second-order valence-corrected chi connectivity index (χ2v) is 4.11. The minimum atomic E-state index is -0.444. The van der Waals surface area contributed by atoms with Crippen LogP contribution in [0, 0.1) is 0 Å². The van der Waals surface area contributed by atoms with Crippen molar-refractivity contribution in [3.05, 3.63) is 64.1 Å². The van der Waals surface area contributed by atoms with Crippen molar-refractivity contribution in [1.82, 2.24) is 4.98 Å². The predicted octanol–water partition coefficient (Wildman–Crippen LogP) is 1.83. The quantitative estimate of drug-likeness (QED) is 0.451. The SMILES string of the molecule is C/C(=N/O)c1ccccc1NC(=O)c1cccc(=O)[nH]1. The van der Waals surface area contributed by atoms with Crippen LogP contribution < -0.4 is 10.9 Å². The lowest BCUT2D eigenvalue weighted by Gasteiger charge is -2.09. The largest absolute Gasteiger partial charge is 0.411 e. The molecule has 1 heterocycles. The molecule has 0 spiro atoms. The summed E-state index contributed by atoms with van der Waals surface area (Å²) in [5.74, 6) is -0.444. The molecule has 0 aliphatic rings. The van der Waals surface area contributed by atoms with Crippen LogP contribution in [0.15, 0.2) is 52.4 Å². The van der Waals surface area contributed by atoms with Gasteiger partial charge in [0.1, 0.15) is 5.69 Å². The van der Waals surface area contributed by atoms with Crippen LogP contribution >= 0.6 is 0 Å². The molecule has 0 atom stereocenters. The monoisotopic (exact) mass is 271 g/mol. The fourth-order valence-electron chi connectivity index (χ4n) is 1.73. The van der Waals surface area contributed by atoms with E-state index in [2.05, 4.69) is 15.5 Å². The van der Waals surface area contributed by atoms with Crippen molar-refractivity contribution in [1.29, 1.82) is 0 Å². The van der Waals surface area contributed by atoms with Crippen molar-refractivity contribution in [3.63, 3.8) is 0 Å². The molecule has 3 N–H and O–H groups in total. The van der Waals surface area contributed by atoms with Crippen molar-refractivity contribution >= 4 is 17.3 Å². The minimum absolute atomic E-state index is 0.158. The fourth-order valence-corrected chi connectivity index (χ4v) is 1.73. The van der Waals surface area contributed by atoms with Crippen LogP contribution in [0.4, 0.5) is 5.69 Å². The number of nitrogens with one attached hydrogen (secondary N) is 2. The minimum Gasteiger partial charge on any atom is -0.411 e. The van der Waals surface area contributed by atoms with Crippen molar-refractivity contribution in [2.45, 2.75) is 6.92 Å². The summed E-state index contributed by atoms with van der Waals surface area (Å²) in [6.07, 6.45) is 0. The van der Waals surface area contributed by atoms with E-state index >= 15 is 0 Å². The molecule has 0 aliphatic carbocycles. The molecule has 0 saturated heterocycles. The highest BCUT2D eigenvalue weighted by atomic mass is 16.4. The number of H-pyrrole nitrogens is 1. The van der Waals surface area contributed by atoms with Crippen LogP contribution in [0.25, 0.3) is 0 Å². The molecule has 1 amide bonds. The van der Waals surface area contributed by atoms with E-state index in [9.17, 15) is 9.59 Å². The second kappa shape index (κ2) is 5.83. The molecule has 0 radical (unpaired) electrons. The van der Waals surface area contributed by atoms with Gasteiger partial charge >= 0.3 is 0 Å². The molecule has 1 aromatic carbocycles. The average molecular weight is 271 g/mol. The molecule has 0 aliphatic heterocycles. The van der Waals surface area contributed by atoms with E-state index in [-0.39, 0.29) is 11.3 Å². The summed E-state index contributed by atoms with van der Waals surface area (Å²) in [6, 6.07) is 11.3. The summed E-state index contributed by atoms with van der Waals surface area (Å²) in [7, 11) is 0. The number of benzene rings is 1. The average Bonchev–Trinajstić information content (AvgIpc) is 2.47. The number of amides is 1. The summed E-state index contributed by atoms with van der Waals surface area (Å²) < 4.78 is 0. The highest BCUT2D eigenvalue weighted by molar-refractivity contribution is 6.09. The molecule has 0 bridgehead atoms. The Bertz CT molecular complexity index is 719. The maximum absolute atomic E-state index is 12.0. The lowest BCUT2D eigenvalue weighted by atomic mass is 10.1. The Morgan fingerprint density at radius 3 is 2.65 bits per heavy atom. The van der Waals surface area contributed by atoms with E-state index in [0.717, 1.165) is 0 Å². The van der Waals surface area contributed by atoms with E-state index < -0.39 is 5.91 Å². The molecule has 6 heteroatoms. The molecule has 6 nitrogen and oxygen atoms in total. The van der Waals surface area contributed by atoms with E-state index in [1.807, 2.05) is 0 Å².